The smallest absolute Gasteiger partial charge is 0.260 e. The predicted molar refractivity (Wildman–Crippen MR) is 109 cm³/mol. The third-order valence-electron chi connectivity index (χ3n) is 5.27. The molecule has 30 heavy (non-hydrogen) atoms. The molecule has 3 aromatic heterocycles. The van der Waals surface area contributed by atoms with Crippen molar-refractivity contribution in [3.05, 3.63) is 41.9 Å². The molecule has 0 spiro atoms. The van der Waals surface area contributed by atoms with Gasteiger partial charge < -0.3 is 16.2 Å². The van der Waals surface area contributed by atoms with Gasteiger partial charge in [-0.2, -0.15) is 0 Å². The first-order valence-electron chi connectivity index (χ1n) is 9.59. The van der Waals surface area contributed by atoms with E-state index in [1.54, 1.807) is 6.20 Å². The van der Waals surface area contributed by atoms with E-state index in [0.29, 0.717) is 28.6 Å². The van der Waals surface area contributed by atoms with Crippen LogP contribution in [0.3, 0.4) is 0 Å². The zero-order valence-electron chi connectivity index (χ0n) is 16.5. The maximum absolute atomic E-state index is 13.1. The first-order valence-corrected chi connectivity index (χ1v) is 9.59. The number of pyridine rings is 3. The van der Waals surface area contributed by atoms with Gasteiger partial charge in [0.05, 0.1) is 17.3 Å². The highest BCUT2D eigenvalue weighted by Gasteiger charge is 2.61. The van der Waals surface area contributed by atoms with E-state index < -0.39 is 30.3 Å². The van der Waals surface area contributed by atoms with E-state index in [-0.39, 0.29) is 11.6 Å². The van der Waals surface area contributed by atoms with Crippen LogP contribution >= 0.6 is 0 Å². The lowest BCUT2D eigenvalue weighted by Gasteiger charge is -2.13. The molecule has 0 unspecified atom stereocenters. The first kappa shape index (κ1) is 20.1. The predicted octanol–water partition coefficient (Wildman–Crippen LogP) is 3.62. The molecule has 4 N–H and O–H groups in total. The number of hydrogen-bond acceptors (Lipinski definition) is 6. The van der Waals surface area contributed by atoms with Crippen LogP contribution in [0, 0.1) is 12.8 Å². The summed E-state index contributed by atoms with van der Waals surface area (Å²) in [6, 6.07) is 5.13. The third-order valence-corrected chi connectivity index (χ3v) is 5.27. The van der Waals surface area contributed by atoms with E-state index in [1.165, 1.54) is 12.3 Å². The Morgan fingerprint density at radius 3 is 2.67 bits per heavy atom. The molecule has 156 valence electrons. The number of nitrogens with one attached hydrogen (secondary N) is 1. The van der Waals surface area contributed by atoms with Crippen LogP contribution < -0.4 is 11.1 Å². The Morgan fingerprint density at radius 2 is 2.03 bits per heavy atom. The van der Waals surface area contributed by atoms with Crippen molar-refractivity contribution in [1.82, 2.24) is 15.0 Å². The Morgan fingerprint density at radius 1 is 1.30 bits per heavy atom. The van der Waals surface area contributed by atoms with Crippen molar-refractivity contribution in [2.45, 2.75) is 38.7 Å². The molecular formula is C21H21F2N5O2. The number of nitrogens with zero attached hydrogens (tertiary/aromatic N) is 3. The number of hydrogen-bond donors (Lipinski definition) is 3. The summed E-state index contributed by atoms with van der Waals surface area (Å²) in [6.45, 7) is 3.78. The molecule has 1 aliphatic carbocycles. The lowest BCUT2D eigenvalue weighted by atomic mass is 10.0. The van der Waals surface area contributed by atoms with Gasteiger partial charge in [-0.05, 0) is 31.0 Å². The summed E-state index contributed by atoms with van der Waals surface area (Å²) < 4.78 is 26.1. The minimum absolute atomic E-state index is 0.144. The van der Waals surface area contributed by atoms with Gasteiger partial charge in [0, 0.05) is 41.4 Å². The van der Waals surface area contributed by atoms with Gasteiger partial charge in [-0.1, -0.05) is 6.92 Å². The molecule has 0 aliphatic heterocycles. The number of halogens is 2. The van der Waals surface area contributed by atoms with Gasteiger partial charge in [0.2, 0.25) is 5.91 Å². The van der Waals surface area contributed by atoms with E-state index in [4.69, 9.17) is 5.73 Å². The summed E-state index contributed by atoms with van der Waals surface area (Å²) in [5, 5.41) is 13.1. The van der Waals surface area contributed by atoms with Crippen LogP contribution in [0.15, 0.2) is 30.6 Å². The van der Waals surface area contributed by atoms with Crippen LogP contribution in [0.25, 0.3) is 22.0 Å². The molecule has 0 radical (unpaired) electrons. The van der Waals surface area contributed by atoms with E-state index in [2.05, 4.69) is 20.3 Å². The highest BCUT2D eigenvalue weighted by atomic mass is 19.3. The molecule has 0 aromatic carbocycles. The summed E-state index contributed by atoms with van der Waals surface area (Å²) in [5.74, 6) is -4.60. The number of aliphatic hydroxyl groups excluding tert-OH is 1. The van der Waals surface area contributed by atoms with Crippen LogP contribution in [0.4, 0.5) is 20.4 Å². The second-order valence-corrected chi connectivity index (χ2v) is 7.54. The second kappa shape index (κ2) is 7.24. The fourth-order valence-electron chi connectivity index (χ4n) is 3.33. The largest absolute Gasteiger partial charge is 0.387 e. The summed E-state index contributed by atoms with van der Waals surface area (Å²) in [4.78, 5) is 24.7. The van der Waals surface area contributed by atoms with E-state index in [0.717, 1.165) is 11.1 Å². The van der Waals surface area contributed by atoms with Crippen LogP contribution in [-0.4, -0.2) is 31.9 Å². The number of carbonyl (C=O) groups excluding carboxylic acids is 1. The maximum atomic E-state index is 13.1. The molecule has 4 rings (SSSR count). The number of nitrogens with two attached hydrogens (primary N) is 1. The van der Waals surface area contributed by atoms with Crippen molar-refractivity contribution in [1.29, 1.82) is 0 Å². The molecule has 7 nitrogen and oxygen atoms in total. The van der Waals surface area contributed by atoms with Crippen molar-refractivity contribution in [2.24, 2.45) is 5.92 Å². The average molecular weight is 413 g/mol. The molecule has 9 heteroatoms. The lowest BCUT2D eigenvalue weighted by Crippen LogP contribution is -2.18. The summed E-state index contributed by atoms with van der Waals surface area (Å²) in [6.07, 6.45) is 2.65. The SMILES string of the molecule is CC[C@H](O)c1cc(C)c(-c2cc3cnc(NC(=O)[C@H]4CC4(F)F)cc3nc2N)cn1. The molecular weight excluding hydrogens is 392 g/mol. The van der Waals surface area contributed by atoms with Crippen molar-refractivity contribution in [3.63, 3.8) is 0 Å². The normalized spacial score (nSPS) is 18.2. The van der Waals surface area contributed by atoms with Crippen LogP contribution in [0.5, 0.6) is 0 Å². The van der Waals surface area contributed by atoms with Gasteiger partial charge in [0.1, 0.15) is 17.6 Å². The average Bonchev–Trinajstić information content (AvgIpc) is 3.35. The fraction of sp³-hybridized carbons (Fsp3) is 0.333. The Labute approximate surface area is 171 Å². The Bertz CT molecular complexity index is 1150. The standard InChI is InChI=1S/C21H21F2N5O2/c1-3-17(29)16-4-10(2)13(9-25-16)12-5-11-8-26-18(6-15(11)27-19(12)24)28-20(30)14-7-21(14,22)23/h4-6,8-9,14,17,29H,3,7H2,1-2H3,(H2,24,27)(H,26,28,30)/t14-,17+/m1/s1. The van der Waals surface area contributed by atoms with Gasteiger partial charge >= 0.3 is 0 Å². The molecule has 0 saturated heterocycles. The molecule has 0 bridgehead atoms. The highest BCUT2D eigenvalue weighted by Crippen LogP contribution is 2.49. The van der Waals surface area contributed by atoms with E-state index in [9.17, 15) is 18.7 Å². The number of carbonyl (C=O) groups is 1. The van der Waals surface area contributed by atoms with E-state index in [1.807, 2.05) is 26.0 Å². The van der Waals surface area contributed by atoms with Gasteiger partial charge in [-0.3, -0.25) is 9.78 Å². The van der Waals surface area contributed by atoms with Crippen LogP contribution in [0.2, 0.25) is 0 Å². The van der Waals surface area contributed by atoms with Crippen molar-refractivity contribution in [3.8, 4) is 11.1 Å². The fourth-order valence-corrected chi connectivity index (χ4v) is 3.33. The molecule has 1 amide bonds. The minimum atomic E-state index is -2.94. The second-order valence-electron chi connectivity index (χ2n) is 7.54. The van der Waals surface area contributed by atoms with Gasteiger partial charge in [-0.25, -0.2) is 18.7 Å². The number of amides is 1. The number of nitrogen functional groups attached to an aromatic ring is 1. The molecule has 1 saturated carbocycles. The summed E-state index contributed by atoms with van der Waals surface area (Å²) >= 11 is 0. The number of rotatable bonds is 5. The maximum Gasteiger partial charge on any atom is 0.260 e. The molecule has 3 aromatic rings. The highest BCUT2D eigenvalue weighted by molar-refractivity contribution is 5.96. The number of aromatic nitrogens is 3. The van der Waals surface area contributed by atoms with Crippen molar-refractivity contribution < 1.29 is 18.7 Å². The monoisotopic (exact) mass is 413 g/mol. The van der Waals surface area contributed by atoms with Gasteiger partial charge in [0.25, 0.3) is 5.92 Å². The minimum Gasteiger partial charge on any atom is -0.387 e. The Hall–Kier alpha value is -3.20. The van der Waals surface area contributed by atoms with Crippen molar-refractivity contribution in [2.75, 3.05) is 11.1 Å². The molecule has 1 fully saturated rings. The number of fused-ring (bicyclic) bond motifs is 1. The zero-order valence-corrected chi connectivity index (χ0v) is 16.5. The van der Waals surface area contributed by atoms with Crippen LogP contribution in [-0.2, 0) is 4.79 Å². The Balaban J connectivity index is 1.64. The van der Waals surface area contributed by atoms with Gasteiger partial charge in [-0.15, -0.1) is 0 Å². The number of aryl methyl sites for hydroxylation is 1. The van der Waals surface area contributed by atoms with Crippen LogP contribution in [0.1, 0.15) is 37.1 Å². The zero-order chi connectivity index (χ0) is 21.6. The number of alkyl halides is 2. The first-order chi connectivity index (χ1) is 14.2. The molecule has 2 atom stereocenters. The van der Waals surface area contributed by atoms with Gasteiger partial charge in [0.15, 0.2) is 0 Å². The quantitative estimate of drug-likeness (QED) is 0.589. The Kier molecular flexibility index (Phi) is 4.85. The summed E-state index contributed by atoms with van der Waals surface area (Å²) in [5.41, 5.74) is 9.57. The lowest BCUT2D eigenvalue weighted by molar-refractivity contribution is -0.119. The third kappa shape index (κ3) is 3.68. The van der Waals surface area contributed by atoms with E-state index >= 15 is 0 Å². The summed E-state index contributed by atoms with van der Waals surface area (Å²) in [7, 11) is 0. The topological polar surface area (TPSA) is 114 Å². The molecule has 1 aliphatic rings. The van der Waals surface area contributed by atoms with Crippen molar-refractivity contribution >= 4 is 28.4 Å². The number of aliphatic hydroxyl groups is 1. The number of anilines is 2. The molecule has 3 heterocycles.